The van der Waals surface area contributed by atoms with Crippen molar-refractivity contribution < 1.29 is 9.22 Å². The Kier molecular flexibility index (Phi) is 5.67. The van der Waals surface area contributed by atoms with Gasteiger partial charge in [0, 0.05) is 0 Å². The second-order valence-corrected chi connectivity index (χ2v) is 4.14. The van der Waals surface area contributed by atoms with E-state index in [9.17, 15) is 0 Å². The van der Waals surface area contributed by atoms with Gasteiger partial charge < -0.3 is 9.22 Å². The highest BCUT2D eigenvalue weighted by atomic mass is 16.5. The van der Waals surface area contributed by atoms with Crippen LogP contribution >= 0.6 is 0 Å². The molecule has 0 aromatic carbocycles. The zero-order valence-corrected chi connectivity index (χ0v) is 9.18. The number of likely N-dealkylation sites (N-methyl/N-ethyl adjacent to an activating group) is 1. The van der Waals surface area contributed by atoms with Crippen molar-refractivity contribution in [3.05, 3.63) is 24.8 Å². The van der Waals surface area contributed by atoms with Crippen LogP contribution < -0.4 is 0 Å². The molecule has 0 aromatic heterocycles. The largest absolute Gasteiger partial charge is 0.371 e. The molecule has 0 aromatic rings. The lowest BCUT2D eigenvalue weighted by atomic mass is 10.4. The van der Waals surface area contributed by atoms with Gasteiger partial charge in [0.15, 0.2) is 0 Å². The van der Waals surface area contributed by atoms with Gasteiger partial charge in [0.25, 0.3) is 0 Å². The van der Waals surface area contributed by atoms with Crippen LogP contribution in [0.15, 0.2) is 24.8 Å². The Morgan fingerprint density at radius 2 is 2.08 bits per heavy atom. The molecule has 0 saturated carbocycles. The standard InChI is InChI=1S/C11H22NO/c1-6-7-12(4,5)8-9-13-10-11(2)3/h6H,1-2,7-10H2,3-5H3/q+1. The fourth-order valence-corrected chi connectivity index (χ4v) is 0.999. The highest BCUT2D eigenvalue weighted by molar-refractivity contribution is 4.87. The van der Waals surface area contributed by atoms with Crippen LogP contribution in [0.5, 0.6) is 0 Å². The molecule has 0 atom stereocenters. The Bertz CT molecular complexity index is 173. The molecule has 0 aliphatic heterocycles. The van der Waals surface area contributed by atoms with Crippen molar-refractivity contribution in [2.45, 2.75) is 6.92 Å². The molecule has 0 spiro atoms. The lowest BCUT2D eigenvalue weighted by Crippen LogP contribution is -2.42. The highest BCUT2D eigenvalue weighted by Crippen LogP contribution is 1.97. The first-order valence-corrected chi connectivity index (χ1v) is 4.63. The second kappa shape index (κ2) is 5.95. The summed E-state index contributed by atoms with van der Waals surface area (Å²) in [4.78, 5) is 0. The molecular weight excluding hydrogens is 162 g/mol. The van der Waals surface area contributed by atoms with E-state index < -0.39 is 0 Å². The van der Waals surface area contributed by atoms with Crippen LogP contribution in [0, 0.1) is 0 Å². The molecule has 76 valence electrons. The molecule has 0 amide bonds. The zero-order valence-electron chi connectivity index (χ0n) is 9.18. The van der Waals surface area contributed by atoms with Crippen molar-refractivity contribution in [2.24, 2.45) is 0 Å². The second-order valence-electron chi connectivity index (χ2n) is 4.14. The predicted octanol–water partition coefficient (Wildman–Crippen LogP) is 1.84. The third-order valence-corrected chi connectivity index (χ3v) is 1.81. The Hall–Kier alpha value is -0.600. The van der Waals surface area contributed by atoms with Crippen molar-refractivity contribution in [3.8, 4) is 0 Å². The average Bonchev–Trinajstić information content (AvgIpc) is 1.98. The molecule has 0 aliphatic carbocycles. The minimum atomic E-state index is 0.675. The fourth-order valence-electron chi connectivity index (χ4n) is 0.999. The maximum Gasteiger partial charge on any atom is 0.102 e. The summed E-state index contributed by atoms with van der Waals surface area (Å²) < 4.78 is 6.36. The molecule has 2 heteroatoms. The number of ether oxygens (including phenoxy) is 1. The summed E-state index contributed by atoms with van der Waals surface area (Å²) in [6, 6.07) is 0. The Balaban J connectivity index is 3.51. The summed E-state index contributed by atoms with van der Waals surface area (Å²) in [5.74, 6) is 0. The molecule has 0 aliphatic rings. The smallest absolute Gasteiger partial charge is 0.102 e. The molecule has 0 unspecified atom stereocenters. The van der Waals surface area contributed by atoms with E-state index in [0.717, 1.165) is 29.8 Å². The van der Waals surface area contributed by atoms with E-state index in [1.807, 2.05) is 13.0 Å². The Morgan fingerprint density at radius 1 is 1.46 bits per heavy atom. The quantitative estimate of drug-likeness (QED) is 0.333. The maximum absolute atomic E-state index is 5.43. The Morgan fingerprint density at radius 3 is 2.54 bits per heavy atom. The van der Waals surface area contributed by atoms with E-state index in [1.54, 1.807) is 0 Å². The van der Waals surface area contributed by atoms with Crippen LogP contribution in [0.3, 0.4) is 0 Å². The first-order valence-electron chi connectivity index (χ1n) is 4.63. The Labute approximate surface area is 82.1 Å². The molecule has 0 radical (unpaired) electrons. The third-order valence-electron chi connectivity index (χ3n) is 1.81. The van der Waals surface area contributed by atoms with Crippen molar-refractivity contribution in [1.82, 2.24) is 0 Å². The first-order chi connectivity index (χ1) is 5.98. The van der Waals surface area contributed by atoms with Gasteiger partial charge in [-0.15, -0.1) is 0 Å². The van der Waals surface area contributed by atoms with E-state index in [-0.39, 0.29) is 0 Å². The SMILES string of the molecule is C=CC[N+](C)(C)CCOCC(=C)C. The summed E-state index contributed by atoms with van der Waals surface area (Å²) in [5, 5.41) is 0. The van der Waals surface area contributed by atoms with Crippen molar-refractivity contribution in [3.63, 3.8) is 0 Å². The average molecular weight is 184 g/mol. The minimum Gasteiger partial charge on any atom is -0.371 e. The normalized spacial score (nSPS) is 11.3. The van der Waals surface area contributed by atoms with Gasteiger partial charge >= 0.3 is 0 Å². The molecule has 0 N–H and O–H groups in total. The predicted molar refractivity (Wildman–Crippen MR) is 57.7 cm³/mol. The summed E-state index contributed by atoms with van der Waals surface area (Å²) in [5.41, 5.74) is 1.08. The van der Waals surface area contributed by atoms with Crippen molar-refractivity contribution >= 4 is 0 Å². The summed E-state index contributed by atoms with van der Waals surface area (Å²) >= 11 is 0. The van der Waals surface area contributed by atoms with Gasteiger partial charge in [0.05, 0.1) is 33.9 Å². The topological polar surface area (TPSA) is 9.23 Å². The third kappa shape index (κ3) is 7.75. The number of rotatable bonds is 7. The molecule has 0 heterocycles. The lowest BCUT2D eigenvalue weighted by Gasteiger charge is -2.28. The first kappa shape index (κ1) is 12.4. The summed E-state index contributed by atoms with van der Waals surface area (Å²) in [7, 11) is 4.34. The van der Waals surface area contributed by atoms with Gasteiger partial charge in [0.2, 0.25) is 0 Å². The number of nitrogens with zero attached hydrogens (tertiary/aromatic N) is 1. The molecule has 0 fully saturated rings. The maximum atomic E-state index is 5.43. The van der Waals surface area contributed by atoms with E-state index in [0.29, 0.717) is 6.61 Å². The number of hydrogen-bond acceptors (Lipinski definition) is 1. The van der Waals surface area contributed by atoms with E-state index >= 15 is 0 Å². The van der Waals surface area contributed by atoms with E-state index in [4.69, 9.17) is 4.74 Å². The number of quaternary nitrogens is 1. The molecule has 2 nitrogen and oxygen atoms in total. The summed E-state index contributed by atoms with van der Waals surface area (Å²) in [6.45, 7) is 12.9. The van der Waals surface area contributed by atoms with Crippen LogP contribution in [-0.2, 0) is 4.74 Å². The van der Waals surface area contributed by atoms with Crippen molar-refractivity contribution in [1.29, 1.82) is 0 Å². The molecule has 0 bridgehead atoms. The van der Waals surface area contributed by atoms with Crippen LogP contribution in [0.4, 0.5) is 0 Å². The summed E-state index contributed by atoms with van der Waals surface area (Å²) in [6.07, 6.45) is 1.94. The monoisotopic (exact) mass is 184 g/mol. The highest BCUT2D eigenvalue weighted by Gasteiger charge is 2.11. The van der Waals surface area contributed by atoms with Gasteiger partial charge in [-0.05, 0) is 13.0 Å². The van der Waals surface area contributed by atoms with Gasteiger partial charge in [-0.2, -0.15) is 0 Å². The lowest BCUT2D eigenvalue weighted by molar-refractivity contribution is -0.884. The minimum absolute atomic E-state index is 0.675. The molecule has 13 heavy (non-hydrogen) atoms. The van der Waals surface area contributed by atoms with Crippen LogP contribution in [-0.4, -0.2) is 44.9 Å². The molecule has 0 rings (SSSR count). The van der Waals surface area contributed by atoms with Gasteiger partial charge in [-0.3, -0.25) is 0 Å². The number of hydrogen-bond donors (Lipinski definition) is 0. The van der Waals surface area contributed by atoms with E-state index in [2.05, 4.69) is 27.3 Å². The fraction of sp³-hybridized carbons (Fsp3) is 0.636. The zero-order chi connectivity index (χ0) is 10.3. The molecule has 0 saturated heterocycles. The van der Waals surface area contributed by atoms with Crippen LogP contribution in [0.2, 0.25) is 0 Å². The van der Waals surface area contributed by atoms with Crippen LogP contribution in [0.1, 0.15) is 6.92 Å². The molecular formula is C11H22NO+. The van der Waals surface area contributed by atoms with E-state index in [1.165, 1.54) is 0 Å². The van der Waals surface area contributed by atoms with Crippen LogP contribution in [0.25, 0.3) is 0 Å². The van der Waals surface area contributed by atoms with Gasteiger partial charge in [0.1, 0.15) is 6.54 Å². The van der Waals surface area contributed by atoms with Gasteiger partial charge in [-0.25, -0.2) is 0 Å². The van der Waals surface area contributed by atoms with Gasteiger partial charge in [-0.1, -0.05) is 18.7 Å². The van der Waals surface area contributed by atoms with Crippen molar-refractivity contribution in [2.75, 3.05) is 40.4 Å².